The van der Waals surface area contributed by atoms with Crippen molar-refractivity contribution in [1.29, 1.82) is 0 Å². The van der Waals surface area contributed by atoms with Gasteiger partial charge < -0.3 is 9.47 Å². The van der Waals surface area contributed by atoms with E-state index < -0.39 is 103 Å². The van der Waals surface area contributed by atoms with Gasteiger partial charge in [-0.1, -0.05) is 17.6 Å². The average Bonchev–Trinajstić information content (AvgIpc) is 3.21. The molecule has 0 saturated heterocycles. The van der Waals surface area contributed by atoms with Crippen molar-refractivity contribution >= 4 is 10.9 Å². The average molecular weight is 337 g/mol. The van der Waals surface area contributed by atoms with E-state index in [2.05, 4.69) is 4.98 Å². The summed E-state index contributed by atoms with van der Waals surface area (Å²) in [4.78, 5) is 4.24. The molecule has 4 rings (SSSR count). The zero-order valence-corrected chi connectivity index (χ0v) is 13.0. The standard InChI is InChI=1S/C21H25N3/c1-15-4-7-20-18(12-15)19-14-23(3)10-9-21(19)24(20)11-8-17-6-5-16(2)22-13-17/h4-7,12-13H,8-11,14H2,1-3H3/i1D3,4D,5D,6D,7D,9D2,10D2,11D2,12D,13D,14D2. The van der Waals surface area contributed by atoms with Crippen LogP contribution in [0, 0.1) is 13.8 Å². The zero-order valence-electron chi connectivity index (χ0n) is 30.0. The maximum Gasteiger partial charge on any atom is 0.0843 e. The van der Waals surface area contributed by atoms with Gasteiger partial charge in [0, 0.05) is 66.7 Å². The summed E-state index contributed by atoms with van der Waals surface area (Å²) < 4.78 is 144. The third-order valence-electron chi connectivity index (χ3n) is 3.52. The van der Waals surface area contributed by atoms with Crippen LogP contribution in [0.25, 0.3) is 10.9 Å². The number of pyridine rings is 1. The van der Waals surface area contributed by atoms with Crippen LogP contribution in [0.3, 0.4) is 0 Å². The Morgan fingerprint density at radius 2 is 2.29 bits per heavy atom. The van der Waals surface area contributed by atoms with Gasteiger partial charge in [-0.15, -0.1) is 0 Å². The molecule has 2 aromatic heterocycles. The van der Waals surface area contributed by atoms with Gasteiger partial charge in [-0.2, -0.15) is 0 Å². The molecule has 1 aliphatic heterocycles. The van der Waals surface area contributed by atoms with Crippen LogP contribution in [0.5, 0.6) is 0 Å². The summed E-state index contributed by atoms with van der Waals surface area (Å²) in [6.45, 7) is -10.9. The maximum atomic E-state index is 8.99. The van der Waals surface area contributed by atoms with E-state index in [1.54, 1.807) is 0 Å². The molecule has 3 aromatic rings. The van der Waals surface area contributed by atoms with Crippen LogP contribution in [0.2, 0.25) is 0 Å². The Morgan fingerprint density at radius 1 is 1.38 bits per heavy atom. The molecule has 0 unspecified atom stereocenters. The first-order valence-corrected chi connectivity index (χ1v) is 7.22. The van der Waals surface area contributed by atoms with E-state index in [1.165, 1.54) is 6.92 Å². The van der Waals surface area contributed by atoms with Crippen LogP contribution in [-0.2, 0) is 25.8 Å². The Kier molecular flexibility index (Phi) is 1.37. The molecule has 0 N–H and O–H groups in total. The molecule has 3 heteroatoms. The van der Waals surface area contributed by atoms with Crippen molar-refractivity contribution in [3.8, 4) is 0 Å². The molecule has 0 spiro atoms. The molecule has 24 heavy (non-hydrogen) atoms. The van der Waals surface area contributed by atoms with E-state index in [9.17, 15) is 0 Å². The van der Waals surface area contributed by atoms with Gasteiger partial charge in [-0.3, -0.25) is 4.98 Å². The van der Waals surface area contributed by atoms with Gasteiger partial charge in [-0.25, -0.2) is 0 Å². The number of benzene rings is 1. The number of nitrogens with zero attached hydrogens (tertiary/aromatic N) is 3. The lowest BCUT2D eigenvalue weighted by molar-refractivity contribution is 0.309. The van der Waals surface area contributed by atoms with Gasteiger partial charge in [0.15, 0.2) is 0 Å². The molecule has 3 nitrogen and oxygen atoms in total. The van der Waals surface area contributed by atoms with Crippen molar-refractivity contribution in [2.24, 2.45) is 0 Å². The third-order valence-corrected chi connectivity index (χ3v) is 3.52. The molecular formula is C21H25N3. The Labute approximate surface area is 167 Å². The lowest BCUT2D eigenvalue weighted by Crippen LogP contribution is -2.27. The fraction of sp³-hybridized carbons (Fsp3) is 0.381. The summed E-state index contributed by atoms with van der Waals surface area (Å²) in [5.74, 6) is 0. The fourth-order valence-corrected chi connectivity index (χ4v) is 2.42. The van der Waals surface area contributed by atoms with Gasteiger partial charge in [-0.05, 0) is 56.5 Å². The highest BCUT2D eigenvalue weighted by atomic mass is 15.1. The van der Waals surface area contributed by atoms with Crippen LogP contribution < -0.4 is 0 Å². The molecule has 0 atom stereocenters. The minimum atomic E-state index is -3.24. The lowest BCUT2D eigenvalue weighted by atomic mass is 10.0. The molecule has 0 saturated carbocycles. The molecule has 1 aliphatic rings. The summed E-state index contributed by atoms with van der Waals surface area (Å²) in [5, 5.41) is -0.673. The van der Waals surface area contributed by atoms with Crippen molar-refractivity contribution in [3.05, 3.63) is 64.5 Å². The number of hydrogen-bond donors (Lipinski definition) is 0. The summed E-state index contributed by atoms with van der Waals surface area (Å²) in [6.07, 6.45) is -4.75. The minimum Gasteiger partial charge on any atom is -0.344 e. The van der Waals surface area contributed by atoms with E-state index in [0.29, 0.717) is 9.47 Å². The first-order valence-electron chi connectivity index (χ1n) is 15.7. The Hall–Kier alpha value is -2.13. The lowest BCUT2D eigenvalue weighted by Gasteiger charge is -2.24. The van der Waals surface area contributed by atoms with Crippen LogP contribution >= 0.6 is 0 Å². The van der Waals surface area contributed by atoms with Crippen LogP contribution in [-0.4, -0.2) is 28.0 Å². The topological polar surface area (TPSA) is 21.1 Å². The summed E-state index contributed by atoms with van der Waals surface area (Å²) in [5.41, 5.74) is -3.75. The van der Waals surface area contributed by atoms with Crippen molar-refractivity contribution in [3.63, 3.8) is 0 Å². The van der Waals surface area contributed by atoms with E-state index in [1.807, 2.05) is 0 Å². The Bertz CT molecular complexity index is 1600. The monoisotopic (exact) mass is 336 g/mol. The number of fused-ring (bicyclic) bond motifs is 3. The SMILES string of the molecule is [2H]c1nc(C)c([2H])c([2H])c1CC([2H])([2H])n1c2c(c3c([2H])c(C([2H])([2H])[2H])c([2H])c([2H])c31)C([2H])([2H])N(C)C([2H])([2H])C2([2H])[2H]. The number of aryl methyl sites for hydroxylation is 2. The van der Waals surface area contributed by atoms with Gasteiger partial charge in [0.2, 0.25) is 0 Å². The second-order valence-electron chi connectivity index (χ2n) is 5.31. The van der Waals surface area contributed by atoms with Crippen molar-refractivity contribution in [1.82, 2.24) is 14.5 Å². The smallest absolute Gasteiger partial charge is 0.0843 e. The van der Waals surface area contributed by atoms with Gasteiger partial charge in [0.05, 0.1) is 11.0 Å². The predicted molar refractivity (Wildman–Crippen MR) is 99.4 cm³/mol. The van der Waals surface area contributed by atoms with E-state index in [0.717, 1.165) is 7.05 Å². The fourth-order valence-electron chi connectivity index (χ4n) is 2.42. The zero-order chi connectivity index (χ0) is 31.6. The van der Waals surface area contributed by atoms with Gasteiger partial charge >= 0.3 is 0 Å². The quantitative estimate of drug-likeness (QED) is 0.723. The molecule has 1 aromatic carbocycles. The van der Waals surface area contributed by atoms with Crippen LogP contribution in [0.1, 0.15) is 51.4 Å². The summed E-state index contributed by atoms with van der Waals surface area (Å²) in [7, 11) is 0.930. The Balaban J connectivity index is 2.28. The number of likely N-dealkylation sites (N-methyl/N-ethyl adjacent to an activating group) is 1. The molecule has 0 radical (unpaired) electrons. The molecule has 0 bridgehead atoms. The summed E-state index contributed by atoms with van der Waals surface area (Å²) >= 11 is 0. The number of hydrogen-bond acceptors (Lipinski definition) is 2. The number of rotatable bonds is 3. The van der Waals surface area contributed by atoms with E-state index >= 15 is 0 Å². The van der Waals surface area contributed by atoms with Gasteiger partial charge in [0.25, 0.3) is 0 Å². The first kappa shape index (κ1) is 5.43. The highest BCUT2D eigenvalue weighted by molar-refractivity contribution is 5.86. The second-order valence-corrected chi connectivity index (χ2v) is 5.31. The molecule has 3 heterocycles. The molecule has 0 amide bonds. The minimum absolute atomic E-state index is 0.0252. The maximum absolute atomic E-state index is 8.99. The van der Waals surface area contributed by atoms with Crippen molar-refractivity contribution in [2.75, 3.05) is 13.5 Å². The van der Waals surface area contributed by atoms with E-state index in [-0.39, 0.29) is 11.3 Å². The molecule has 0 fully saturated rings. The molecule has 0 aliphatic carbocycles. The van der Waals surface area contributed by atoms with Crippen molar-refractivity contribution < 1.29 is 23.3 Å². The number of aromatic nitrogens is 2. The normalized spacial score (nSPS) is 32.7. The van der Waals surface area contributed by atoms with Crippen LogP contribution in [0.4, 0.5) is 0 Å². The Morgan fingerprint density at radius 3 is 3.17 bits per heavy atom. The second kappa shape index (κ2) is 6.06. The third kappa shape index (κ3) is 2.73. The van der Waals surface area contributed by atoms with Crippen LogP contribution in [0.15, 0.2) is 36.4 Å². The van der Waals surface area contributed by atoms with Gasteiger partial charge in [0.1, 0.15) is 0 Å². The molecular weight excluding hydrogens is 294 g/mol. The highest BCUT2D eigenvalue weighted by Gasteiger charge is 2.22. The first-order chi connectivity index (χ1) is 18.3. The largest absolute Gasteiger partial charge is 0.344 e. The van der Waals surface area contributed by atoms with E-state index in [4.69, 9.17) is 23.3 Å². The predicted octanol–water partition coefficient (Wildman–Crippen LogP) is 3.88. The highest BCUT2D eigenvalue weighted by Crippen LogP contribution is 2.31. The van der Waals surface area contributed by atoms with Crippen molar-refractivity contribution in [2.45, 2.75) is 39.6 Å². The molecule has 124 valence electrons. The summed E-state index contributed by atoms with van der Waals surface area (Å²) in [6, 6.07) is -3.88.